The molecule has 3 N–H and O–H groups in total. The molecule has 1 aliphatic rings. The third-order valence-corrected chi connectivity index (χ3v) is 4.45. The smallest absolute Gasteiger partial charge is 0.0575 e. The van der Waals surface area contributed by atoms with Crippen LogP contribution < -0.4 is 11.3 Å². The normalized spacial score (nSPS) is 20.5. The topological polar surface area (TPSA) is 47.3 Å². The van der Waals surface area contributed by atoms with Gasteiger partial charge in [-0.1, -0.05) is 42.5 Å². The molecule has 3 rings (SSSR count). The van der Waals surface area contributed by atoms with Crippen molar-refractivity contribution in [1.29, 1.82) is 0 Å². The number of hydrogen-bond donors (Lipinski definition) is 2. The van der Waals surface area contributed by atoms with Crippen LogP contribution in [0.25, 0.3) is 10.8 Å². The fourth-order valence-corrected chi connectivity index (χ4v) is 3.27. The Morgan fingerprint density at radius 1 is 1.14 bits per heavy atom. The highest BCUT2D eigenvalue weighted by Crippen LogP contribution is 2.28. The second kappa shape index (κ2) is 7.03. The Kier molecular flexibility index (Phi) is 4.86. The van der Waals surface area contributed by atoms with Gasteiger partial charge in [-0.25, -0.2) is 0 Å². The average Bonchev–Trinajstić information content (AvgIpc) is 2.56. The van der Waals surface area contributed by atoms with Gasteiger partial charge in [0.1, 0.15) is 0 Å². The van der Waals surface area contributed by atoms with Crippen molar-refractivity contribution < 1.29 is 4.74 Å². The van der Waals surface area contributed by atoms with Gasteiger partial charge in [0.15, 0.2) is 0 Å². The lowest BCUT2D eigenvalue weighted by molar-refractivity contribution is 0.00856. The summed E-state index contributed by atoms with van der Waals surface area (Å²) in [6.07, 6.45) is 6.17. The first kappa shape index (κ1) is 14.5. The third kappa shape index (κ3) is 3.43. The summed E-state index contributed by atoms with van der Waals surface area (Å²) in [5.41, 5.74) is 4.28. The number of hydrazine groups is 1. The molecule has 0 amide bonds. The monoisotopic (exact) mass is 284 g/mol. The fourth-order valence-electron chi connectivity index (χ4n) is 3.27. The summed E-state index contributed by atoms with van der Waals surface area (Å²) in [6, 6.07) is 15.1. The summed E-state index contributed by atoms with van der Waals surface area (Å²) in [5, 5.41) is 2.55. The Hall–Kier alpha value is -1.42. The average molecular weight is 284 g/mol. The Labute approximate surface area is 126 Å². The lowest BCUT2D eigenvalue weighted by Crippen LogP contribution is -2.30. The van der Waals surface area contributed by atoms with Crippen LogP contribution in [0.15, 0.2) is 42.5 Å². The highest BCUT2D eigenvalue weighted by atomic mass is 16.5. The first-order chi connectivity index (χ1) is 10.4. The Morgan fingerprint density at radius 3 is 2.81 bits per heavy atom. The molecule has 1 aliphatic heterocycles. The van der Waals surface area contributed by atoms with Gasteiger partial charge in [0, 0.05) is 12.6 Å². The van der Waals surface area contributed by atoms with Gasteiger partial charge in [-0.2, -0.15) is 0 Å². The number of hydrogen-bond acceptors (Lipinski definition) is 3. The number of fused-ring (bicyclic) bond motifs is 1. The molecule has 3 heteroatoms. The van der Waals surface area contributed by atoms with Crippen molar-refractivity contribution in [2.24, 2.45) is 5.84 Å². The molecule has 2 aromatic rings. The number of rotatable bonds is 5. The predicted molar refractivity (Wildman–Crippen MR) is 86.8 cm³/mol. The van der Waals surface area contributed by atoms with E-state index in [1.165, 1.54) is 35.6 Å². The van der Waals surface area contributed by atoms with Gasteiger partial charge in [-0.3, -0.25) is 11.3 Å². The molecular weight excluding hydrogens is 260 g/mol. The molecule has 2 aromatic carbocycles. The van der Waals surface area contributed by atoms with Crippen LogP contribution in [0.1, 0.15) is 43.7 Å². The first-order valence-electron chi connectivity index (χ1n) is 7.94. The lowest BCUT2D eigenvalue weighted by atomic mass is 9.94. The molecule has 0 spiro atoms. The van der Waals surface area contributed by atoms with Crippen molar-refractivity contribution in [3.8, 4) is 0 Å². The number of benzene rings is 2. The largest absolute Gasteiger partial charge is 0.378 e. The lowest BCUT2D eigenvalue weighted by Gasteiger charge is -2.25. The van der Waals surface area contributed by atoms with Crippen molar-refractivity contribution in [1.82, 2.24) is 5.43 Å². The molecule has 2 unspecified atom stereocenters. The second-order valence-corrected chi connectivity index (χ2v) is 5.85. The van der Waals surface area contributed by atoms with Gasteiger partial charge in [0.2, 0.25) is 0 Å². The number of ether oxygens (including phenoxy) is 1. The van der Waals surface area contributed by atoms with E-state index in [0.29, 0.717) is 6.10 Å². The van der Waals surface area contributed by atoms with E-state index in [1.807, 2.05) is 0 Å². The summed E-state index contributed by atoms with van der Waals surface area (Å²) in [4.78, 5) is 0. The maximum absolute atomic E-state index is 5.83. The van der Waals surface area contributed by atoms with Gasteiger partial charge in [-0.05, 0) is 48.4 Å². The summed E-state index contributed by atoms with van der Waals surface area (Å²) in [7, 11) is 0. The Bertz CT molecular complexity index is 573. The van der Waals surface area contributed by atoms with E-state index in [0.717, 1.165) is 19.4 Å². The molecule has 0 aliphatic carbocycles. The van der Waals surface area contributed by atoms with Crippen LogP contribution in [0, 0.1) is 0 Å². The van der Waals surface area contributed by atoms with Crippen molar-refractivity contribution in [2.75, 3.05) is 6.61 Å². The summed E-state index contributed by atoms with van der Waals surface area (Å²) in [5.74, 6) is 5.82. The molecule has 2 atom stereocenters. The molecule has 1 fully saturated rings. The maximum Gasteiger partial charge on any atom is 0.0575 e. The van der Waals surface area contributed by atoms with Gasteiger partial charge in [0.05, 0.1) is 6.10 Å². The molecule has 1 saturated heterocycles. The minimum Gasteiger partial charge on any atom is -0.378 e. The minimum atomic E-state index is 0.182. The maximum atomic E-state index is 5.83. The van der Waals surface area contributed by atoms with Crippen molar-refractivity contribution in [3.05, 3.63) is 48.0 Å². The molecule has 1 heterocycles. The standard InChI is InChI=1S/C18H24N2O/c19-20-18(12-11-15-8-3-4-13-21-15)17-10-5-7-14-6-1-2-9-16(14)17/h1-2,5-7,9-10,15,18,20H,3-4,8,11-13,19H2. The second-order valence-electron chi connectivity index (χ2n) is 5.85. The highest BCUT2D eigenvalue weighted by Gasteiger charge is 2.18. The zero-order valence-electron chi connectivity index (χ0n) is 12.4. The molecule has 112 valence electrons. The zero-order valence-corrected chi connectivity index (χ0v) is 12.4. The van der Waals surface area contributed by atoms with E-state index in [1.54, 1.807) is 0 Å². The summed E-state index contributed by atoms with van der Waals surface area (Å²) in [6.45, 7) is 0.916. The van der Waals surface area contributed by atoms with Gasteiger partial charge in [-0.15, -0.1) is 0 Å². The summed E-state index contributed by atoms with van der Waals surface area (Å²) < 4.78 is 5.83. The SMILES string of the molecule is NNC(CCC1CCCCO1)c1cccc2ccccc12. The zero-order chi connectivity index (χ0) is 14.5. The van der Waals surface area contributed by atoms with Crippen LogP contribution in [0.5, 0.6) is 0 Å². The number of nitrogens with one attached hydrogen (secondary N) is 1. The molecule has 0 bridgehead atoms. The summed E-state index contributed by atoms with van der Waals surface area (Å²) >= 11 is 0. The van der Waals surface area contributed by atoms with E-state index >= 15 is 0 Å². The van der Waals surface area contributed by atoms with Crippen molar-refractivity contribution in [2.45, 2.75) is 44.2 Å². The van der Waals surface area contributed by atoms with Crippen LogP contribution in [0.4, 0.5) is 0 Å². The van der Waals surface area contributed by atoms with E-state index in [2.05, 4.69) is 47.9 Å². The quantitative estimate of drug-likeness (QED) is 0.650. The Balaban J connectivity index is 1.75. The van der Waals surface area contributed by atoms with Crippen LogP contribution in [-0.4, -0.2) is 12.7 Å². The van der Waals surface area contributed by atoms with E-state index in [4.69, 9.17) is 10.6 Å². The van der Waals surface area contributed by atoms with Crippen molar-refractivity contribution >= 4 is 10.8 Å². The highest BCUT2D eigenvalue weighted by molar-refractivity contribution is 5.86. The van der Waals surface area contributed by atoms with Crippen LogP contribution >= 0.6 is 0 Å². The van der Waals surface area contributed by atoms with Gasteiger partial charge >= 0.3 is 0 Å². The number of nitrogens with two attached hydrogens (primary N) is 1. The van der Waals surface area contributed by atoms with Gasteiger partial charge in [0.25, 0.3) is 0 Å². The molecule has 21 heavy (non-hydrogen) atoms. The van der Waals surface area contributed by atoms with Crippen LogP contribution in [0.3, 0.4) is 0 Å². The molecule has 3 nitrogen and oxygen atoms in total. The predicted octanol–water partition coefficient (Wildman–Crippen LogP) is 3.69. The first-order valence-corrected chi connectivity index (χ1v) is 7.94. The van der Waals surface area contributed by atoms with Gasteiger partial charge < -0.3 is 4.74 Å². The molecule has 0 aromatic heterocycles. The van der Waals surface area contributed by atoms with E-state index in [-0.39, 0.29) is 6.04 Å². The van der Waals surface area contributed by atoms with Crippen molar-refractivity contribution in [3.63, 3.8) is 0 Å². The molecule has 0 radical (unpaired) electrons. The minimum absolute atomic E-state index is 0.182. The Morgan fingerprint density at radius 2 is 2.00 bits per heavy atom. The molecule has 0 saturated carbocycles. The third-order valence-electron chi connectivity index (χ3n) is 4.45. The van der Waals surface area contributed by atoms with E-state index < -0.39 is 0 Å². The van der Waals surface area contributed by atoms with E-state index in [9.17, 15) is 0 Å². The molecular formula is C18H24N2O. The van der Waals surface area contributed by atoms with Crippen LogP contribution in [0.2, 0.25) is 0 Å². The fraction of sp³-hybridized carbons (Fsp3) is 0.444. The van der Waals surface area contributed by atoms with Crippen LogP contribution in [-0.2, 0) is 4.74 Å².